The molecule has 1 aromatic heterocycles. The number of anilines is 3. The van der Waals surface area contributed by atoms with Crippen LogP contribution in [-0.4, -0.2) is 4.98 Å². The maximum Gasteiger partial charge on any atom is 0.0957 e. The highest BCUT2D eigenvalue weighted by molar-refractivity contribution is 5.99. The van der Waals surface area contributed by atoms with Gasteiger partial charge < -0.3 is 11.1 Å². The Bertz CT molecular complexity index is 778. The summed E-state index contributed by atoms with van der Waals surface area (Å²) in [5.41, 5.74) is 12.2. The van der Waals surface area contributed by atoms with Crippen molar-refractivity contribution < 1.29 is 0 Å². The van der Waals surface area contributed by atoms with Crippen molar-refractivity contribution in [2.75, 3.05) is 11.1 Å². The van der Waals surface area contributed by atoms with E-state index in [1.165, 1.54) is 11.1 Å². The van der Waals surface area contributed by atoms with Gasteiger partial charge in [-0.15, -0.1) is 0 Å². The van der Waals surface area contributed by atoms with Crippen LogP contribution in [0.4, 0.5) is 17.1 Å². The second kappa shape index (κ2) is 4.85. The molecule has 0 fully saturated rings. The topological polar surface area (TPSA) is 50.9 Å². The van der Waals surface area contributed by atoms with E-state index < -0.39 is 0 Å². The van der Waals surface area contributed by atoms with Crippen LogP contribution in [0.5, 0.6) is 0 Å². The predicted molar refractivity (Wildman–Crippen MR) is 85.4 cm³/mol. The van der Waals surface area contributed by atoms with Gasteiger partial charge >= 0.3 is 0 Å². The molecule has 3 nitrogen and oxygen atoms in total. The second-order valence-electron chi connectivity index (χ2n) is 5.05. The van der Waals surface area contributed by atoms with E-state index in [0.717, 1.165) is 28.0 Å². The number of nitrogens with one attached hydrogen (secondary N) is 1. The largest absolute Gasteiger partial charge is 0.398 e. The predicted octanol–water partition coefficient (Wildman–Crippen LogP) is 4.18. The van der Waals surface area contributed by atoms with E-state index in [4.69, 9.17) is 5.73 Å². The molecule has 0 saturated carbocycles. The number of hydrogen-bond donors (Lipinski definition) is 2. The normalized spacial score (nSPS) is 10.7. The van der Waals surface area contributed by atoms with E-state index in [1.807, 2.05) is 24.3 Å². The monoisotopic (exact) mass is 263 g/mol. The summed E-state index contributed by atoms with van der Waals surface area (Å²) in [5.74, 6) is 0. The van der Waals surface area contributed by atoms with Crippen LogP contribution in [0, 0.1) is 13.8 Å². The number of rotatable bonds is 2. The number of benzene rings is 2. The Morgan fingerprint density at radius 3 is 2.70 bits per heavy atom. The molecule has 0 aliphatic heterocycles. The van der Waals surface area contributed by atoms with Crippen LogP contribution >= 0.6 is 0 Å². The quantitative estimate of drug-likeness (QED) is 0.682. The van der Waals surface area contributed by atoms with Gasteiger partial charge in [0.2, 0.25) is 0 Å². The fourth-order valence-electron chi connectivity index (χ4n) is 2.31. The molecule has 3 rings (SSSR count). The van der Waals surface area contributed by atoms with Gasteiger partial charge in [-0.1, -0.05) is 12.1 Å². The molecule has 0 spiro atoms. The molecular weight excluding hydrogens is 246 g/mol. The summed E-state index contributed by atoms with van der Waals surface area (Å²) in [6.45, 7) is 4.18. The van der Waals surface area contributed by atoms with Crippen molar-refractivity contribution >= 4 is 28.0 Å². The lowest BCUT2D eigenvalue weighted by atomic mass is 10.1. The van der Waals surface area contributed by atoms with Gasteiger partial charge in [-0.3, -0.25) is 4.98 Å². The standard InChI is InChI=1S/C17H17N3/c1-11-5-6-12(2)16(10-11)20-15-8-7-14(18)13-4-3-9-19-17(13)15/h3-10,20H,18H2,1-2H3. The highest BCUT2D eigenvalue weighted by Gasteiger charge is 2.06. The van der Waals surface area contributed by atoms with Crippen LogP contribution in [0.2, 0.25) is 0 Å². The van der Waals surface area contributed by atoms with Gasteiger partial charge in [0.05, 0.1) is 11.2 Å². The van der Waals surface area contributed by atoms with E-state index in [0.29, 0.717) is 0 Å². The van der Waals surface area contributed by atoms with Crippen molar-refractivity contribution in [1.29, 1.82) is 0 Å². The number of fused-ring (bicyclic) bond motifs is 1. The first-order valence-corrected chi connectivity index (χ1v) is 6.62. The molecule has 1 heterocycles. The number of pyridine rings is 1. The first kappa shape index (κ1) is 12.5. The zero-order chi connectivity index (χ0) is 14.1. The summed E-state index contributed by atoms with van der Waals surface area (Å²) < 4.78 is 0. The summed E-state index contributed by atoms with van der Waals surface area (Å²) in [5, 5.41) is 4.44. The molecule has 0 amide bonds. The lowest BCUT2D eigenvalue weighted by molar-refractivity contribution is 1.36. The van der Waals surface area contributed by atoms with Crippen LogP contribution < -0.4 is 11.1 Å². The van der Waals surface area contributed by atoms with Gasteiger partial charge in [-0.05, 0) is 55.3 Å². The minimum absolute atomic E-state index is 0.750. The van der Waals surface area contributed by atoms with E-state index in [2.05, 4.69) is 42.3 Å². The highest BCUT2D eigenvalue weighted by atomic mass is 14.9. The van der Waals surface area contributed by atoms with Crippen molar-refractivity contribution in [1.82, 2.24) is 4.98 Å². The summed E-state index contributed by atoms with van der Waals surface area (Å²) in [7, 11) is 0. The molecule has 3 N–H and O–H groups in total. The molecule has 3 heteroatoms. The third-order valence-corrected chi connectivity index (χ3v) is 3.47. The Balaban J connectivity index is 2.11. The number of nitrogens with two attached hydrogens (primary N) is 1. The summed E-state index contributed by atoms with van der Waals surface area (Å²) in [4.78, 5) is 4.45. The molecule has 3 aromatic rings. The zero-order valence-electron chi connectivity index (χ0n) is 11.6. The Labute approximate surface area is 118 Å². The fourth-order valence-corrected chi connectivity index (χ4v) is 2.31. The van der Waals surface area contributed by atoms with Crippen LogP contribution in [0.25, 0.3) is 10.9 Å². The fraction of sp³-hybridized carbons (Fsp3) is 0.118. The number of aromatic nitrogens is 1. The van der Waals surface area contributed by atoms with Gasteiger partial charge in [-0.25, -0.2) is 0 Å². The first-order valence-electron chi connectivity index (χ1n) is 6.62. The number of nitrogens with zero attached hydrogens (tertiary/aromatic N) is 1. The Kier molecular flexibility index (Phi) is 3.03. The zero-order valence-corrected chi connectivity index (χ0v) is 11.6. The number of aryl methyl sites for hydroxylation is 2. The average Bonchev–Trinajstić information content (AvgIpc) is 2.46. The van der Waals surface area contributed by atoms with Crippen molar-refractivity contribution in [3.8, 4) is 0 Å². The van der Waals surface area contributed by atoms with Gasteiger partial charge in [0.25, 0.3) is 0 Å². The van der Waals surface area contributed by atoms with Crippen molar-refractivity contribution in [2.45, 2.75) is 13.8 Å². The Morgan fingerprint density at radius 1 is 1.00 bits per heavy atom. The van der Waals surface area contributed by atoms with Gasteiger partial charge in [0, 0.05) is 23.0 Å². The van der Waals surface area contributed by atoms with Crippen LogP contribution in [0.1, 0.15) is 11.1 Å². The molecule has 0 radical (unpaired) electrons. The summed E-state index contributed by atoms with van der Waals surface area (Å²) in [6.07, 6.45) is 1.79. The summed E-state index contributed by atoms with van der Waals surface area (Å²) in [6, 6.07) is 14.2. The highest BCUT2D eigenvalue weighted by Crippen LogP contribution is 2.30. The number of hydrogen-bond acceptors (Lipinski definition) is 3. The van der Waals surface area contributed by atoms with Crippen LogP contribution in [0.15, 0.2) is 48.7 Å². The molecule has 20 heavy (non-hydrogen) atoms. The first-order chi connectivity index (χ1) is 9.65. The van der Waals surface area contributed by atoms with Gasteiger partial charge in [0.1, 0.15) is 0 Å². The lowest BCUT2D eigenvalue weighted by Crippen LogP contribution is -1.97. The summed E-state index contributed by atoms with van der Waals surface area (Å²) >= 11 is 0. The Morgan fingerprint density at radius 2 is 1.85 bits per heavy atom. The minimum Gasteiger partial charge on any atom is -0.398 e. The molecule has 0 atom stereocenters. The van der Waals surface area contributed by atoms with Crippen LogP contribution in [0.3, 0.4) is 0 Å². The van der Waals surface area contributed by atoms with E-state index in [1.54, 1.807) is 6.20 Å². The van der Waals surface area contributed by atoms with Crippen molar-refractivity contribution in [2.24, 2.45) is 0 Å². The second-order valence-corrected chi connectivity index (χ2v) is 5.05. The van der Waals surface area contributed by atoms with E-state index >= 15 is 0 Å². The molecule has 100 valence electrons. The number of nitrogen functional groups attached to an aromatic ring is 1. The molecule has 2 aromatic carbocycles. The third-order valence-electron chi connectivity index (χ3n) is 3.47. The van der Waals surface area contributed by atoms with Gasteiger partial charge in [0.15, 0.2) is 0 Å². The van der Waals surface area contributed by atoms with Gasteiger partial charge in [-0.2, -0.15) is 0 Å². The maximum atomic E-state index is 6.00. The maximum absolute atomic E-state index is 6.00. The lowest BCUT2D eigenvalue weighted by Gasteiger charge is -2.13. The molecule has 0 saturated heterocycles. The van der Waals surface area contributed by atoms with E-state index in [9.17, 15) is 0 Å². The Hall–Kier alpha value is -2.55. The van der Waals surface area contributed by atoms with Crippen LogP contribution in [-0.2, 0) is 0 Å². The molecule has 0 aliphatic rings. The molecule has 0 aliphatic carbocycles. The smallest absolute Gasteiger partial charge is 0.0957 e. The van der Waals surface area contributed by atoms with Crippen molar-refractivity contribution in [3.63, 3.8) is 0 Å². The SMILES string of the molecule is Cc1ccc(C)c(Nc2ccc(N)c3cccnc23)c1. The molecule has 0 bridgehead atoms. The molecular formula is C17H17N3. The molecule has 0 unspecified atom stereocenters. The van der Waals surface area contributed by atoms with Crippen molar-refractivity contribution in [3.05, 3.63) is 59.8 Å². The average molecular weight is 263 g/mol. The minimum atomic E-state index is 0.750. The van der Waals surface area contributed by atoms with E-state index in [-0.39, 0.29) is 0 Å². The third kappa shape index (κ3) is 2.18.